The lowest BCUT2D eigenvalue weighted by Gasteiger charge is -2.19. The molecule has 0 spiro atoms. The summed E-state index contributed by atoms with van der Waals surface area (Å²) in [5.74, 6) is -1.13. The van der Waals surface area contributed by atoms with E-state index in [-0.39, 0.29) is 4.92 Å². The Balaban J connectivity index is 1.87. The summed E-state index contributed by atoms with van der Waals surface area (Å²) in [7, 11) is 1.30. The van der Waals surface area contributed by atoms with Crippen molar-refractivity contribution in [1.29, 1.82) is 0 Å². The Bertz CT molecular complexity index is 1020. The Kier molecular flexibility index (Phi) is 4.79. The molecule has 0 bridgehead atoms. The summed E-state index contributed by atoms with van der Waals surface area (Å²) in [5, 5.41) is 17.3. The highest BCUT2D eigenvalue weighted by atomic mass is 16.6. The minimum atomic E-state index is -1.00. The van der Waals surface area contributed by atoms with Crippen LogP contribution in [0.2, 0.25) is 0 Å². The third-order valence-corrected chi connectivity index (χ3v) is 5.47. The molecule has 0 radical (unpaired) electrons. The number of esters is 1. The number of carbonyl (C=O) groups excluding carboxylic acids is 1. The van der Waals surface area contributed by atoms with Crippen LogP contribution in [0.4, 0.5) is 0 Å². The van der Waals surface area contributed by atoms with Crippen molar-refractivity contribution in [3.63, 3.8) is 0 Å². The van der Waals surface area contributed by atoms with Gasteiger partial charge >= 0.3 is 5.97 Å². The Morgan fingerprint density at radius 2 is 1.68 bits per heavy atom. The smallest absolute Gasteiger partial charge is 0.323 e. The Hall–Kier alpha value is -3.25. The summed E-state index contributed by atoms with van der Waals surface area (Å²) in [6.45, 7) is 0. The zero-order valence-electron chi connectivity index (χ0n) is 15.3. The third-order valence-electron chi connectivity index (χ3n) is 5.47. The predicted molar refractivity (Wildman–Crippen MR) is 106 cm³/mol. The Labute approximate surface area is 162 Å². The largest absolute Gasteiger partial charge is 0.468 e. The van der Waals surface area contributed by atoms with Gasteiger partial charge in [-0.2, -0.15) is 0 Å². The lowest BCUT2D eigenvalue weighted by molar-refractivity contribution is -0.527. The topological polar surface area (TPSA) is 81.5 Å². The summed E-state index contributed by atoms with van der Waals surface area (Å²) in [6.07, 6.45) is 0. The first kappa shape index (κ1) is 18.1. The molecular weight excluding hydrogens is 356 g/mol. The number of nitrogens with one attached hydrogen (secondary N) is 1. The molecule has 1 heterocycles. The molecule has 3 aromatic carbocycles. The van der Waals surface area contributed by atoms with Crippen LogP contribution in [0.25, 0.3) is 10.8 Å². The van der Waals surface area contributed by atoms with Crippen LogP contribution >= 0.6 is 0 Å². The molecular formula is C22H20N2O4. The van der Waals surface area contributed by atoms with Crippen LogP contribution in [0, 0.1) is 10.1 Å². The third kappa shape index (κ3) is 3.01. The van der Waals surface area contributed by atoms with E-state index in [9.17, 15) is 14.9 Å². The second kappa shape index (κ2) is 7.40. The monoisotopic (exact) mass is 376 g/mol. The maximum Gasteiger partial charge on any atom is 0.323 e. The standard InChI is InChI=1S/C22H20N2O4/c1-28-22(25)20-18(15-9-3-2-4-10-15)21(24(26)27)19(23-20)17-13-7-11-14-8-5-6-12-16(14)17/h2-13,18-21,23H,1H3/t18-,19-,20+,21+/m1/s1. The Morgan fingerprint density at radius 1 is 1.00 bits per heavy atom. The van der Waals surface area contributed by atoms with Crippen molar-refractivity contribution < 1.29 is 14.5 Å². The van der Waals surface area contributed by atoms with Crippen molar-refractivity contribution in [2.45, 2.75) is 24.0 Å². The van der Waals surface area contributed by atoms with Crippen molar-refractivity contribution in [2.24, 2.45) is 0 Å². The van der Waals surface area contributed by atoms with Gasteiger partial charge in [0, 0.05) is 4.92 Å². The number of nitrogens with zero attached hydrogens (tertiary/aromatic N) is 1. The van der Waals surface area contributed by atoms with Gasteiger partial charge in [0.2, 0.25) is 6.04 Å². The van der Waals surface area contributed by atoms with Crippen LogP contribution in [0.15, 0.2) is 72.8 Å². The predicted octanol–water partition coefficient (Wildman–Crippen LogP) is 3.45. The van der Waals surface area contributed by atoms with E-state index in [4.69, 9.17) is 4.74 Å². The van der Waals surface area contributed by atoms with Crippen LogP contribution in [0.1, 0.15) is 23.1 Å². The van der Waals surface area contributed by atoms with Crippen LogP contribution in [-0.4, -0.2) is 30.1 Å². The van der Waals surface area contributed by atoms with Crippen molar-refractivity contribution in [2.75, 3.05) is 7.11 Å². The van der Waals surface area contributed by atoms with Gasteiger partial charge in [0.05, 0.1) is 13.0 Å². The molecule has 4 rings (SSSR count). The highest BCUT2D eigenvalue weighted by molar-refractivity contribution is 5.86. The molecule has 0 amide bonds. The van der Waals surface area contributed by atoms with Gasteiger partial charge in [0.25, 0.3) is 0 Å². The fourth-order valence-corrected chi connectivity index (χ4v) is 4.25. The maximum atomic E-state index is 12.5. The first-order valence-electron chi connectivity index (χ1n) is 9.12. The van der Waals surface area contributed by atoms with Gasteiger partial charge in [-0.3, -0.25) is 20.2 Å². The van der Waals surface area contributed by atoms with Crippen molar-refractivity contribution >= 4 is 16.7 Å². The van der Waals surface area contributed by atoms with Gasteiger partial charge in [0.15, 0.2) is 0 Å². The van der Waals surface area contributed by atoms with E-state index in [0.29, 0.717) is 0 Å². The number of rotatable bonds is 4. The van der Waals surface area contributed by atoms with Crippen LogP contribution < -0.4 is 5.32 Å². The lowest BCUT2D eigenvalue weighted by atomic mass is 9.84. The quantitative estimate of drug-likeness (QED) is 0.428. The lowest BCUT2D eigenvalue weighted by Crippen LogP contribution is -2.37. The second-order valence-electron chi connectivity index (χ2n) is 6.93. The molecule has 3 aromatic rings. The zero-order chi connectivity index (χ0) is 19.7. The summed E-state index contributed by atoms with van der Waals surface area (Å²) in [6, 6.07) is 20.2. The van der Waals surface area contributed by atoms with E-state index in [1.807, 2.05) is 72.8 Å². The number of benzene rings is 3. The van der Waals surface area contributed by atoms with Crippen molar-refractivity contribution in [3.05, 3.63) is 94.0 Å². The number of hydrogen-bond acceptors (Lipinski definition) is 5. The first-order chi connectivity index (χ1) is 13.6. The molecule has 4 atom stereocenters. The van der Waals surface area contributed by atoms with Gasteiger partial charge in [-0.05, 0) is 21.9 Å². The molecule has 6 nitrogen and oxygen atoms in total. The van der Waals surface area contributed by atoms with Gasteiger partial charge in [0.1, 0.15) is 12.1 Å². The second-order valence-corrected chi connectivity index (χ2v) is 6.93. The molecule has 1 aliphatic rings. The number of methoxy groups -OCH3 is 1. The minimum absolute atomic E-state index is 0.278. The summed E-state index contributed by atoms with van der Waals surface area (Å²) in [4.78, 5) is 24.4. The molecule has 0 aromatic heterocycles. The van der Waals surface area contributed by atoms with Gasteiger partial charge in [-0.15, -0.1) is 0 Å². The van der Waals surface area contributed by atoms with Gasteiger partial charge in [-0.1, -0.05) is 72.8 Å². The molecule has 0 unspecified atom stereocenters. The number of ether oxygens (including phenoxy) is 1. The molecule has 1 aliphatic heterocycles. The number of nitro groups is 1. The maximum absolute atomic E-state index is 12.5. The summed E-state index contributed by atoms with van der Waals surface area (Å²) < 4.78 is 4.96. The van der Waals surface area contributed by atoms with Crippen molar-refractivity contribution in [3.8, 4) is 0 Å². The summed E-state index contributed by atoms with van der Waals surface area (Å²) >= 11 is 0. The molecule has 28 heavy (non-hydrogen) atoms. The van der Waals surface area contributed by atoms with E-state index >= 15 is 0 Å². The highest BCUT2D eigenvalue weighted by Crippen LogP contribution is 2.42. The van der Waals surface area contributed by atoms with Crippen LogP contribution in [0.3, 0.4) is 0 Å². The first-order valence-corrected chi connectivity index (χ1v) is 9.12. The van der Waals surface area contributed by atoms with Gasteiger partial charge < -0.3 is 4.74 Å². The Morgan fingerprint density at radius 3 is 2.39 bits per heavy atom. The zero-order valence-corrected chi connectivity index (χ0v) is 15.3. The van der Waals surface area contributed by atoms with Gasteiger partial charge in [-0.25, -0.2) is 0 Å². The minimum Gasteiger partial charge on any atom is -0.468 e. The van der Waals surface area contributed by atoms with Crippen LogP contribution in [0.5, 0.6) is 0 Å². The number of hydrogen-bond donors (Lipinski definition) is 1. The fourth-order valence-electron chi connectivity index (χ4n) is 4.25. The number of carbonyl (C=O) groups is 1. The molecule has 0 saturated carbocycles. The van der Waals surface area contributed by atoms with E-state index < -0.39 is 30.0 Å². The van der Waals surface area contributed by atoms with E-state index in [1.54, 1.807) is 0 Å². The molecule has 0 aliphatic carbocycles. The SMILES string of the molecule is COC(=O)[C@H]1N[C@H](c2cccc3ccccc23)[C@@H]([N+](=O)[O-])[C@@H]1c1ccccc1. The molecule has 1 fully saturated rings. The van der Waals surface area contributed by atoms with E-state index in [2.05, 4.69) is 5.32 Å². The summed E-state index contributed by atoms with van der Waals surface area (Å²) in [5.41, 5.74) is 1.56. The van der Waals surface area contributed by atoms with Crippen LogP contribution in [-0.2, 0) is 9.53 Å². The molecule has 142 valence electrons. The number of fused-ring (bicyclic) bond motifs is 1. The molecule has 1 N–H and O–H groups in total. The average molecular weight is 376 g/mol. The molecule has 1 saturated heterocycles. The fraction of sp³-hybridized carbons (Fsp3) is 0.227. The van der Waals surface area contributed by atoms with Crippen molar-refractivity contribution in [1.82, 2.24) is 5.32 Å². The highest BCUT2D eigenvalue weighted by Gasteiger charge is 2.55. The average Bonchev–Trinajstić information content (AvgIpc) is 3.14. The molecule has 6 heteroatoms. The van der Waals surface area contributed by atoms with E-state index in [0.717, 1.165) is 21.9 Å². The normalized spacial score (nSPS) is 24.2. The van der Waals surface area contributed by atoms with E-state index in [1.165, 1.54) is 7.11 Å².